The van der Waals surface area contributed by atoms with E-state index in [1.807, 2.05) is 13.1 Å². The van der Waals surface area contributed by atoms with Crippen molar-refractivity contribution in [1.82, 2.24) is 9.88 Å². The van der Waals surface area contributed by atoms with Crippen molar-refractivity contribution in [2.75, 3.05) is 6.54 Å². The topological polar surface area (TPSA) is 60.1 Å². The van der Waals surface area contributed by atoms with Gasteiger partial charge in [-0.05, 0) is 29.5 Å². The smallest absolute Gasteiger partial charge is 0.222 e. The Balaban J connectivity index is 2.24. The molecule has 1 heterocycles. The first-order valence-corrected chi connectivity index (χ1v) is 7.55. The summed E-state index contributed by atoms with van der Waals surface area (Å²) in [6, 6.07) is 8.42. The highest BCUT2D eigenvalue weighted by molar-refractivity contribution is 5.84. The van der Waals surface area contributed by atoms with E-state index in [1.54, 1.807) is 0 Å². The number of benzene rings is 1. The van der Waals surface area contributed by atoms with E-state index < -0.39 is 0 Å². The molecule has 1 aromatic heterocycles. The minimum absolute atomic E-state index is 0.169. The van der Waals surface area contributed by atoms with Gasteiger partial charge in [-0.3, -0.25) is 4.79 Å². The standard InChI is InChI=1S/C17H25N3O/c1-12(2)9-19-10-15-6-4-5-14-7-8-20(16(14)15)11-13(3)17(18)21/h4-8,12-13,19H,9-11H2,1-3H3,(H2,18,21). The van der Waals surface area contributed by atoms with Gasteiger partial charge in [-0.25, -0.2) is 0 Å². The monoisotopic (exact) mass is 287 g/mol. The van der Waals surface area contributed by atoms with Crippen LogP contribution in [0.5, 0.6) is 0 Å². The van der Waals surface area contributed by atoms with E-state index in [-0.39, 0.29) is 11.8 Å². The summed E-state index contributed by atoms with van der Waals surface area (Å²) in [6.07, 6.45) is 2.04. The van der Waals surface area contributed by atoms with Crippen LogP contribution in [0.1, 0.15) is 26.3 Å². The summed E-state index contributed by atoms with van der Waals surface area (Å²) in [5.41, 5.74) is 7.84. The maximum atomic E-state index is 11.3. The van der Waals surface area contributed by atoms with E-state index in [0.29, 0.717) is 12.5 Å². The number of para-hydroxylation sites is 1. The number of carbonyl (C=O) groups excluding carboxylic acids is 1. The third-order valence-electron chi connectivity index (χ3n) is 3.70. The van der Waals surface area contributed by atoms with Crippen molar-refractivity contribution in [2.24, 2.45) is 17.6 Å². The number of fused-ring (bicyclic) bond motifs is 1. The van der Waals surface area contributed by atoms with Crippen LogP contribution in [0.15, 0.2) is 30.5 Å². The molecule has 2 rings (SSSR count). The van der Waals surface area contributed by atoms with Gasteiger partial charge in [-0.1, -0.05) is 39.0 Å². The highest BCUT2D eigenvalue weighted by Crippen LogP contribution is 2.21. The van der Waals surface area contributed by atoms with Crippen molar-refractivity contribution >= 4 is 16.8 Å². The molecular weight excluding hydrogens is 262 g/mol. The summed E-state index contributed by atoms with van der Waals surface area (Å²) in [5.74, 6) is 0.204. The molecule has 114 valence electrons. The maximum absolute atomic E-state index is 11.3. The molecule has 0 fully saturated rings. The van der Waals surface area contributed by atoms with E-state index in [9.17, 15) is 4.79 Å². The van der Waals surface area contributed by atoms with Gasteiger partial charge in [0.2, 0.25) is 5.91 Å². The molecule has 0 bridgehead atoms. The first kappa shape index (κ1) is 15.6. The number of nitrogens with two attached hydrogens (primary N) is 1. The summed E-state index contributed by atoms with van der Waals surface area (Å²) >= 11 is 0. The fourth-order valence-electron chi connectivity index (χ4n) is 2.52. The Bertz CT molecular complexity index is 616. The first-order valence-electron chi connectivity index (χ1n) is 7.55. The largest absolute Gasteiger partial charge is 0.369 e. The predicted molar refractivity (Wildman–Crippen MR) is 86.8 cm³/mol. The Morgan fingerprint density at radius 3 is 2.71 bits per heavy atom. The second kappa shape index (κ2) is 6.76. The van der Waals surface area contributed by atoms with Gasteiger partial charge in [-0.15, -0.1) is 0 Å². The second-order valence-corrected chi connectivity index (χ2v) is 6.15. The molecule has 21 heavy (non-hydrogen) atoms. The molecule has 4 nitrogen and oxygen atoms in total. The molecular formula is C17H25N3O. The lowest BCUT2D eigenvalue weighted by atomic mass is 10.1. The Kier molecular flexibility index (Phi) is 5.02. The first-order chi connectivity index (χ1) is 9.99. The van der Waals surface area contributed by atoms with Crippen LogP contribution in [0.2, 0.25) is 0 Å². The van der Waals surface area contributed by atoms with Gasteiger partial charge < -0.3 is 15.6 Å². The number of hydrogen-bond donors (Lipinski definition) is 2. The number of carbonyl (C=O) groups is 1. The van der Waals surface area contributed by atoms with Crippen molar-refractivity contribution in [1.29, 1.82) is 0 Å². The molecule has 0 aliphatic heterocycles. The van der Waals surface area contributed by atoms with Crippen LogP contribution in [-0.4, -0.2) is 17.0 Å². The number of aromatic nitrogens is 1. The van der Waals surface area contributed by atoms with Crippen molar-refractivity contribution in [3.05, 3.63) is 36.0 Å². The number of primary amides is 1. The van der Waals surface area contributed by atoms with Crippen LogP contribution < -0.4 is 11.1 Å². The molecule has 0 aliphatic rings. The van der Waals surface area contributed by atoms with Gasteiger partial charge >= 0.3 is 0 Å². The number of amides is 1. The molecule has 1 unspecified atom stereocenters. The van der Waals surface area contributed by atoms with Crippen LogP contribution in [0.3, 0.4) is 0 Å². The van der Waals surface area contributed by atoms with Crippen LogP contribution in [0, 0.1) is 11.8 Å². The molecule has 0 spiro atoms. The van der Waals surface area contributed by atoms with E-state index in [1.165, 1.54) is 16.5 Å². The van der Waals surface area contributed by atoms with E-state index in [2.05, 4.69) is 48.0 Å². The maximum Gasteiger partial charge on any atom is 0.222 e. The summed E-state index contributed by atoms with van der Waals surface area (Å²) < 4.78 is 2.14. The zero-order valence-corrected chi connectivity index (χ0v) is 13.1. The second-order valence-electron chi connectivity index (χ2n) is 6.15. The van der Waals surface area contributed by atoms with Gasteiger partial charge in [0, 0.05) is 19.3 Å². The third-order valence-corrected chi connectivity index (χ3v) is 3.70. The fourth-order valence-corrected chi connectivity index (χ4v) is 2.52. The average Bonchev–Trinajstić information content (AvgIpc) is 2.82. The van der Waals surface area contributed by atoms with Crippen molar-refractivity contribution in [3.63, 3.8) is 0 Å². The van der Waals surface area contributed by atoms with Gasteiger partial charge in [0.05, 0.1) is 11.4 Å². The number of hydrogen-bond acceptors (Lipinski definition) is 2. The summed E-state index contributed by atoms with van der Waals surface area (Å²) in [7, 11) is 0. The lowest BCUT2D eigenvalue weighted by Crippen LogP contribution is -2.24. The minimum atomic E-state index is -0.257. The zero-order chi connectivity index (χ0) is 15.4. The lowest BCUT2D eigenvalue weighted by molar-refractivity contribution is -0.121. The minimum Gasteiger partial charge on any atom is -0.369 e. The van der Waals surface area contributed by atoms with Gasteiger partial charge in [0.25, 0.3) is 0 Å². The molecule has 2 aromatic rings. The van der Waals surface area contributed by atoms with Crippen molar-refractivity contribution in [3.8, 4) is 0 Å². The highest BCUT2D eigenvalue weighted by atomic mass is 16.1. The van der Waals surface area contributed by atoms with Crippen LogP contribution in [0.25, 0.3) is 10.9 Å². The summed E-state index contributed by atoms with van der Waals surface area (Å²) in [4.78, 5) is 11.3. The van der Waals surface area contributed by atoms with E-state index >= 15 is 0 Å². The third kappa shape index (κ3) is 3.85. The molecule has 1 aromatic carbocycles. The Labute approximate surface area is 126 Å². The average molecular weight is 287 g/mol. The van der Waals surface area contributed by atoms with Crippen LogP contribution in [-0.2, 0) is 17.9 Å². The van der Waals surface area contributed by atoms with Gasteiger partial charge in [-0.2, -0.15) is 0 Å². The Morgan fingerprint density at radius 1 is 1.29 bits per heavy atom. The molecule has 0 saturated carbocycles. The molecule has 0 saturated heterocycles. The predicted octanol–water partition coefficient (Wildman–Crippen LogP) is 2.51. The van der Waals surface area contributed by atoms with E-state index in [4.69, 9.17) is 5.73 Å². The summed E-state index contributed by atoms with van der Waals surface area (Å²) in [6.45, 7) is 8.72. The van der Waals surface area contributed by atoms with E-state index in [0.717, 1.165) is 13.1 Å². The Hall–Kier alpha value is -1.81. The number of nitrogens with one attached hydrogen (secondary N) is 1. The quantitative estimate of drug-likeness (QED) is 0.822. The normalized spacial score (nSPS) is 13.0. The highest BCUT2D eigenvalue weighted by Gasteiger charge is 2.13. The van der Waals surface area contributed by atoms with Crippen LogP contribution in [0.4, 0.5) is 0 Å². The van der Waals surface area contributed by atoms with Gasteiger partial charge in [0.1, 0.15) is 0 Å². The SMILES string of the molecule is CC(C)CNCc1cccc2ccn(CC(C)C(N)=O)c12. The summed E-state index contributed by atoms with van der Waals surface area (Å²) in [5, 5.41) is 4.69. The lowest BCUT2D eigenvalue weighted by Gasteiger charge is -2.14. The van der Waals surface area contributed by atoms with Crippen molar-refractivity contribution < 1.29 is 4.79 Å². The zero-order valence-electron chi connectivity index (χ0n) is 13.1. The fraction of sp³-hybridized carbons (Fsp3) is 0.471. The van der Waals surface area contributed by atoms with Crippen LogP contribution >= 0.6 is 0 Å². The molecule has 4 heteroatoms. The molecule has 1 atom stereocenters. The van der Waals surface area contributed by atoms with Crippen molar-refractivity contribution in [2.45, 2.75) is 33.9 Å². The number of rotatable bonds is 7. The van der Waals surface area contributed by atoms with Gasteiger partial charge in [0.15, 0.2) is 0 Å². The number of nitrogens with zero attached hydrogens (tertiary/aromatic N) is 1. The molecule has 0 radical (unpaired) electrons. The molecule has 0 aliphatic carbocycles. The molecule has 1 amide bonds. The Morgan fingerprint density at radius 2 is 2.05 bits per heavy atom. The molecule has 3 N–H and O–H groups in total.